The van der Waals surface area contributed by atoms with Crippen LogP contribution in [-0.4, -0.2) is 83.2 Å². The number of nitrogens with zero attached hydrogens (tertiary/aromatic N) is 1. The minimum Gasteiger partial charge on any atom is -0.506 e. The van der Waals surface area contributed by atoms with Crippen molar-refractivity contribution in [3.63, 3.8) is 0 Å². The van der Waals surface area contributed by atoms with Crippen molar-refractivity contribution in [2.24, 2.45) is 0 Å². The van der Waals surface area contributed by atoms with E-state index in [2.05, 4.69) is 22.2 Å². The predicted molar refractivity (Wildman–Crippen MR) is 190 cm³/mol. The lowest BCUT2D eigenvalue weighted by molar-refractivity contribution is -0.169. The number of aromatic nitrogens is 1. The van der Waals surface area contributed by atoms with Crippen LogP contribution in [0.25, 0.3) is 10.9 Å². The maximum Gasteiger partial charge on any atom is 0.349 e. The topological polar surface area (TPSA) is 144 Å². The lowest BCUT2D eigenvalue weighted by Gasteiger charge is -2.35. The van der Waals surface area contributed by atoms with Crippen LogP contribution >= 0.6 is 22.7 Å². The molecule has 1 aliphatic carbocycles. The normalized spacial score (nSPS) is 17.6. The minimum absolute atomic E-state index is 0.0159. The summed E-state index contributed by atoms with van der Waals surface area (Å²) in [5.74, 6) is -0.606. The van der Waals surface area contributed by atoms with E-state index >= 15 is 0 Å². The fraction of sp³-hybridized carbons (Fsp3) is 0.500. The number of benzene rings is 1. The SMILES string of the molecule is CN(CCOCCCCCCNC[C@H](O)c1ccc(O)c2[nH]c(=O)ccc12)[C@H]1CC[C@H](OC(=O)C(O)(c2cccs2)c2cccs2)CC1. The molecule has 5 N–H and O–H groups in total. The van der Waals surface area contributed by atoms with Gasteiger partial charge in [0.15, 0.2) is 0 Å². The minimum atomic E-state index is -1.76. The number of H-pyrrole nitrogens is 1. The number of unbranched alkanes of at least 4 members (excludes halogenated alkanes) is 3. The quantitative estimate of drug-likeness (QED) is 0.0693. The van der Waals surface area contributed by atoms with Crippen LogP contribution in [0.2, 0.25) is 0 Å². The first-order valence-corrected chi connectivity index (χ1v) is 18.6. The van der Waals surface area contributed by atoms with Gasteiger partial charge in [0.1, 0.15) is 11.9 Å². The van der Waals surface area contributed by atoms with Crippen LogP contribution < -0.4 is 10.9 Å². The average molecular weight is 698 g/mol. The number of aliphatic hydroxyl groups excluding tert-OH is 1. The molecule has 0 aliphatic heterocycles. The van der Waals surface area contributed by atoms with E-state index in [1.807, 2.05) is 22.9 Å². The number of pyridine rings is 1. The number of thiophene rings is 2. The summed E-state index contributed by atoms with van der Waals surface area (Å²) >= 11 is 2.71. The van der Waals surface area contributed by atoms with Crippen molar-refractivity contribution < 1.29 is 29.6 Å². The summed E-state index contributed by atoms with van der Waals surface area (Å²) in [6.45, 7) is 3.44. The van der Waals surface area contributed by atoms with Gasteiger partial charge in [-0.2, -0.15) is 0 Å². The third kappa shape index (κ3) is 9.12. The zero-order valence-electron chi connectivity index (χ0n) is 27.4. The van der Waals surface area contributed by atoms with Crippen LogP contribution in [0, 0.1) is 0 Å². The molecule has 260 valence electrons. The smallest absolute Gasteiger partial charge is 0.349 e. The van der Waals surface area contributed by atoms with Gasteiger partial charge in [-0.3, -0.25) is 4.79 Å². The zero-order valence-corrected chi connectivity index (χ0v) is 29.1. The van der Waals surface area contributed by atoms with E-state index in [1.54, 1.807) is 24.3 Å². The molecule has 1 fully saturated rings. The van der Waals surface area contributed by atoms with Gasteiger partial charge in [0.05, 0.1) is 28.0 Å². The number of fused-ring (bicyclic) bond motifs is 1. The first-order valence-electron chi connectivity index (χ1n) is 16.8. The summed E-state index contributed by atoms with van der Waals surface area (Å²) < 4.78 is 11.8. The van der Waals surface area contributed by atoms with Gasteiger partial charge in [-0.1, -0.05) is 31.0 Å². The van der Waals surface area contributed by atoms with Crippen molar-refractivity contribution in [1.82, 2.24) is 15.2 Å². The number of rotatable bonds is 18. The summed E-state index contributed by atoms with van der Waals surface area (Å²) in [5.41, 5.74) is -1.06. The predicted octanol–water partition coefficient (Wildman–Crippen LogP) is 5.28. The Balaban J connectivity index is 0.899. The highest BCUT2D eigenvalue weighted by Gasteiger charge is 2.45. The summed E-state index contributed by atoms with van der Waals surface area (Å²) in [5, 5.41) is 39.9. The van der Waals surface area contributed by atoms with Crippen molar-refractivity contribution >= 4 is 39.5 Å². The van der Waals surface area contributed by atoms with Crippen LogP contribution in [0.15, 0.2) is 64.1 Å². The number of nitrogens with one attached hydrogen (secondary N) is 2. The number of phenolic OH excluding ortho intramolecular Hbond substituents is 1. The standard InChI is InChI=1S/C36H47N3O7S2/c1-39(25-10-12-26(13-11-25)46-35(43)36(44,31-8-6-22-47-31)32-9-7-23-48-32)19-21-45-20-5-3-2-4-18-37-24-30(41)27-14-16-29(40)34-28(27)15-17-33(42)38-34/h6-9,14-17,22-23,25-26,30,37,40-41,44H,2-5,10-13,18-21,24H2,1H3,(H,38,42)/t25-,26-,30-/m0/s1. The fourth-order valence-corrected chi connectivity index (χ4v) is 8.05. The van der Waals surface area contributed by atoms with Gasteiger partial charge in [0, 0.05) is 37.2 Å². The molecule has 1 atom stereocenters. The molecule has 0 unspecified atom stereocenters. The number of aromatic amines is 1. The van der Waals surface area contributed by atoms with E-state index in [1.165, 1.54) is 34.8 Å². The van der Waals surface area contributed by atoms with E-state index in [0.717, 1.165) is 71.1 Å². The Bertz CT molecular complexity index is 1580. The number of aliphatic hydroxyl groups is 2. The number of aromatic hydroxyl groups is 1. The van der Waals surface area contributed by atoms with E-state index in [0.29, 0.717) is 45.4 Å². The van der Waals surface area contributed by atoms with Crippen molar-refractivity contribution in [2.75, 3.05) is 39.9 Å². The van der Waals surface area contributed by atoms with Crippen LogP contribution in [0.5, 0.6) is 5.75 Å². The molecule has 0 radical (unpaired) electrons. The average Bonchev–Trinajstić information content (AvgIpc) is 3.84. The molecule has 12 heteroatoms. The van der Waals surface area contributed by atoms with Gasteiger partial charge in [0.25, 0.3) is 0 Å². The third-order valence-corrected chi connectivity index (χ3v) is 11.1. The Morgan fingerprint density at radius 1 is 1.00 bits per heavy atom. The Labute approximate surface area is 289 Å². The van der Waals surface area contributed by atoms with Crippen molar-refractivity contribution in [2.45, 2.75) is 75.2 Å². The maximum absolute atomic E-state index is 13.3. The Hall–Kier alpha value is -3.10. The number of carbonyl (C=O) groups is 1. The van der Waals surface area contributed by atoms with E-state index in [9.17, 15) is 24.9 Å². The van der Waals surface area contributed by atoms with Gasteiger partial charge in [0.2, 0.25) is 11.2 Å². The van der Waals surface area contributed by atoms with Crippen LogP contribution in [0.3, 0.4) is 0 Å². The number of hydrogen-bond acceptors (Lipinski definition) is 11. The van der Waals surface area contributed by atoms with E-state index in [4.69, 9.17) is 9.47 Å². The number of likely N-dealkylation sites (N-methyl/N-ethyl adjacent to an activating group) is 1. The highest BCUT2D eigenvalue weighted by molar-refractivity contribution is 7.12. The lowest BCUT2D eigenvalue weighted by Crippen LogP contribution is -2.42. The number of carbonyl (C=O) groups excluding carboxylic acids is 1. The summed E-state index contributed by atoms with van der Waals surface area (Å²) in [6, 6.07) is 13.8. The number of hydrogen-bond donors (Lipinski definition) is 5. The highest BCUT2D eigenvalue weighted by atomic mass is 32.1. The molecule has 0 amide bonds. The van der Waals surface area contributed by atoms with Crippen LogP contribution in [0.4, 0.5) is 0 Å². The molecule has 0 spiro atoms. The number of phenols is 1. The molecule has 0 bridgehead atoms. The Morgan fingerprint density at radius 2 is 1.71 bits per heavy atom. The molecular formula is C36H47N3O7S2. The molecule has 1 saturated carbocycles. The van der Waals surface area contributed by atoms with Crippen molar-refractivity contribution in [3.05, 3.63) is 85.0 Å². The highest BCUT2D eigenvalue weighted by Crippen LogP contribution is 2.38. The molecule has 0 saturated heterocycles. The molecular weight excluding hydrogens is 651 g/mol. The Morgan fingerprint density at radius 3 is 2.40 bits per heavy atom. The molecule has 1 aliphatic rings. The second-order valence-electron chi connectivity index (χ2n) is 12.5. The first kappa shape index (κ1) is 36.2. The van der Waals surface area contributed by atoms with Crippen LogP contribution in [0.1, 0.15) is 72.8 Å². The maximum atomic E-state index is 13.3. The van der Waals surface area contributed by atoms with Gasteiger partial charge < -0.3 is 40.0 Å². The largest absolute Gasteiger partial charge is 0.506 e. The second kappa shape index (κ2) is 17.5. The summed E-state index contributed by atoms with van der Waals surface area (Å²) in [7, 11) is 2.13. The summed E-state index contributed by atoms with van der Waals surface area (Å²) in [6.07, 6.45) is 6.61. The van der Waals surface area contributed by atoms with Crippen LogP contribution in [-0.2, 0) is 19.9 Å². The van der Waals surface area contributed by atoms with Gasteiger partial charge >= 0.3 is 5.97 Å². The van der Waals surface area contributed by atoms with E-state index in [-0.39, 0.29) is 17.4 Å². The Kier molecular flexibility index (Phi) is 13.2. The molecule has 10 nitrogen and oxygen atoms in total. The van der Waals surface area contributed by atoms with Crippen molar-refractivity contribution in [1.29, 1.82) is 0 Å². The van der Waals surface area contributed by atoms with Gasteiger partial charge in [-0.15, -0.1) is 22.7 Å². The molecule has 3 aromatic heterocycles. The molecule has 48 heavy (non-hydrogen) atoms. The number of ether oxygens (including phenoxy) is 2. The molecule has 4 aromatic rings. The third-order valence-electron chi connectivity index (χ3n) is 9.18. The first-order chi connectivity index (χ1) is 23.3. The fourth-order valence-electron chi connectivity index (χ4n) is 6.33. The van der Waals surface area contributed by atoms with Crippen molar-refractivity contribution in [3.8, 4) is 5.75 Å². The summed E-state index contributed by atoms with van der Waals surface area (Å²) in [4.78, 5) is 31.0. The van der Waals surface area contributed by atoms with E-state index < -0.39 is 17.7 Å². The van der Waals surface area contributed by atoms with Gasteiger partial charge in [-0.25, -0.2) is 4.79 Å². The lowest BCUT2D eigenvalue weighted by atomic mass is 9.91. The molecule has 5 rings (SSSR count). The second-order valence-corrected chi connectivity index (χ2v) is 14.4. The van der Waals surface area contributed by atoms with Gasteiger partial charge in [-0.05, 0) is 92.7 Å². The zero-order chi connectivity index (χ0) is 33.9. The molecule has 3 heterocycles. The molecule has 1 aromatic carbocycles. The number of esters is 1. The monoisotopic (exact) mass is 697 g/mol.